The Morgan fingerprint density at radius 1 is 1.23 bits per heavy atom. The lowest BCUT2D eigenvalue weighted by atomic mass is 10.1. The fraction of sp³-hybridized carbons (Fsp3) is 0.304. The maximum Gasteiger partial charge on any atom is 0.306 e. The van der Waals surface area contributed by atoms with Gasteiger partial charge in [0, 0.05) is 43.3 Å². The van der Waals surface area contributed by atoms with Crippen LogP contribution in [0.25, 0.3) is 17.1 Å². The molecule has 0 saturated carbocycles. The summed E-state index contributed by atoms with van der Waals surface area (Å²) in [6.07, 6.45) is 9.76. The topological polar surface area (TPSA) is 88.6 Å². The molecule has 1 N–H and O–H groups in total. The molecule has 8 nitrogen and oxygen atoms in total. The molecule has 4 heterocycles. The van der Waals surface area contributed by atoms with Gasteiger partial charge in [-0.05, 0) is 24.8 Å². The smallest absolute Gasteiger partial charge is 0.306 e. The third-order valence-electron chi connectivity index (χ3n) is 5.76. The summed E-state index contributed by atoms with van der Waals surface area (Å²) in [5.41, 5.74) is 3.16. The number of fused-ring (bicyclic) bond motifs is 1. The Kier molecular flexibility index (Phi) is 5.11. The lowest BCUT2D eigenvalue weighted by Crippen LogP contribution is -2.40. The summed E-state index contributed by atoms with van der Waals surface area (Å²) in [5, 5.41) is 3.29. The van der Waals surface area contributed by atoms with Crippen molar-refractivity contribution in [2.24, 2.45) is 0 Å². The number of likely N-dealkylation sites (tertiary alicyclic amines) is 1. The minimum atomic E-state index is -0.0423. The summed E-state index contributed by atoms with van der Waals surface area (Å²) < 4.78 is 7.21. The monoisotopic (exact) mass is 416 g/mol. The molecule has 1 aromatic carbocycles. The summed E-state index contributed by atoms with van der Waals surface area (Å²) in [7, 11) is 0. The molecule has 1 atom stereocenters. The van der Waals surface area contributed by atoms with Crippen LogP contribution in [0.3, 0.4) is 0 Å². The number of oxazole rings is 1. The second-order valence-corrected chi connectivity index (χ2v) is 7.67. The maximum atomic E-state index is 13.7. The van der Waals surface area contributed by atoms with Crippen LogP contribution < -0.4 is 5.32 Å². The van der Waals surface area contributed by atoms with E-state index in [9.17, 15) is 4.79 Å². The average molecular weight is 416 g/mol. The number of carbonyl (C=O) groups is 1. The van der Waals surface area contributed by atoms with E-state index in [-0.39, 0.29) is 11.9 Å². The lowest BCUT2D eigenvalue weighted by Gasteiger charge is -2.25. The first-order chi connectivity index (χ1) is 15.2. The number of benzene rings is 1. The molecular formula is C23H24N6O2. The predicted molar refractivity (Wildman–Crippen MR) is 117 cm³/mol. The van der Waals surface area contributed by atoms with Gasteiger partial charge in [0.15, 0.2) is 0 Å². The van der Waals surface area contributed by atoms with E-state index in [1.807, 2.05) is 47.6 Å². The van der Waals surface area contributed by atoms with E-state index < -0.39 is 0 Å². The second-order valence-electron chi connectivity index (χ2n) is 7.67. The van der Waals surface area contributed by atoms with Crippen LogP contribution in [0.15, 0.2) is 59.6 Å². The van der Waals surface area contributed by atoms with Crippen molar-refractivity contribution >= 4 is 17.7 Å². The van der Waals surface area contributed by atoms with Crippen molar-refractivity contribution in [2.45, 2.75) is 32.2 Å². The largest absolute Gasteiger partial charge is 0.432 e. The van der Waals surface area contributed by atoms with Crippen molar-refractivity contribution in [1.29, 1.82) is 0 Å². The number of nitrogens with one attached hydrogen (secondary N) is 1. The van der Waals surface area contributed by atoms with Crippen LogP contribution in [0.1, 0.15) is 35.8 Å². The van der Waals surface area contributed by atoms with Crippen LogP contribution in [0.5, 0.6) is 0 Å². The SMILES string of the molecule is CCc1cnc(NC[C@@H]2CCCN2C(=O)c2c(-c3ccccc3)nc3occn23)nc1. The molecule has 0 unspecified atom stereocenters. The van der Waals surface area contributed by atoms with Crippen molar-refractivity contribution in [1.82, 2.24) is 24.3 Å². The molecule has 1 fully saturated rings. The third-order valence-corrected chi connectivity index (χ3v) is 5.76. The standard InChI is InChI=1S/C23H24N6O2/c1-2-16-13-24-22(25-14-16)26-15-18-9-6-10-28(18)21(30)20-19(17-7-4-3-5-8-17)27-23-29(20)11-12-31-23/h3-5,7-8,11-14,18H,2,6,9-10,15H2,1H3,(H,24,25,26)/t18-/m0/s1. The predicted octanol–water partition coefficient (Wildman–Crippen LogP) is 3.66. The highest BCUT2D eigenvalue weighted by Crippen LogP contribution is 2.28. The Balaban J connectivity index is 1.40. The van der Waals surface area contributed by atoms with Crippen LogP contribution in [-0.4, -0.2) is 49.3 Å². The van der Waals surface area contributed by atoms with Crippen LogP contribution >= 0.6 is 0 Å². The molecule has 4 aromatic rings. The van der Waals surface area contributed by atoms with E-state index in [0.717, 1.165) is 30.4 Å². The van der Waals surface area contributed by atoms with Crippen LogP contribution in [-0.2, 0) is 6.42 Å². The van der Waals surface area contributed by atoms with Gasteiger partial charge in [-0.3, -0.25) is 9.20 Å². The van der Waals surface area contributed by atoms with Gasteiger partial charge in [0.25, 0.3) is 5.91 Å². The third kappa shape index (κ3) is 3.65. The number of amides is 1. The summed E-state index contributed by atoms with van der Waals surface area (Å²) in [6.45, 7) is 3.39. The number of hydrogen-bond donors (Lipinski definition) is 1. The fourth-order valence-corrected chi connectivity index (χ4v) is 4.08. The van der Waals surface area contributed by atoms with Crippen molar-refractivity contribution < 1.29 is 9.21 Å². The highest BCUT2D eigenvalue weighted by Gasteiger charge is 2.33. The number of imidazole rings is 1. The van der Waals surface area contributed by atoms with E-state index in [0.29, 0.717) is 36.3 Å². The molecule has 8 heteroatoms. The summed E-state index contributed by atoms with van der Waals surface area (Å²) in [6, 6.07) is 9.80. The van der Waals surface area contributed by atoms with Crippen molar-refractivity contribution in [3.8, 4) is 11.3 Å². The molecular weight excluding hydrogens is 392 g/mol. The lowest BCUT2D eigenvalue weighted by molar-refractivity contribution is 0.0737. The fourth-order valence-electron chi connectivity index (χ4n) is 4.08. The van der Waals surface area contributed by atoms with E-state index in [1.54, 1.807) is 16.9 Å². The second kappa shape index (κ2) is 8.22. The van der Waals surface area contributed by atoms with Crippen LogP contribution in [0, 0.1) is 0 Å². The van der Waals surface area contributed by atoms with Crippen LogP contribution in [0.4, 0.5) is 5.95 Å². The van der Waals surface area contributed by atoms with Gasteiger partial charge in [-0.15, -0.1) is 0 Å². The van der Waals surface area contributed by atoms with Crippen molar-refractivity contribution in [3.05, 3.63) is 66.4 Å². The van der Waals surface area contributed by atoms with Crippen molar-refractivity contribution in [3.63, 3.8) is 0 Å². The number of hydrogen-bond acceptors (Lipinski definition) is 6. The number of aryl methyl sites for hydroxylation is 1. The van der Waals surface area contributed by atoms with E-state index >= 15 is 0 Å². The summed E-state index contributed by atoms with van der Waals surface area (Å²) in [4.78, 5) is 28.9. The highest BCUT2D eigenvalue weighted by atomic mass is 16.3. The molecule has 0 aliphatic carbocycles. The zero-order chi connectivity index (χ0) is 21.2. The Morgan fingerprint density at radius 2 is 2.03 bits per heavy atom. The van der Waals surface area contributed by atoms with E-state index in [2.05, 4.69) is 27.2 Å². The molecule has 3 aromatic heterocycles. The molecule has 1 saturated heterocycles. The Morgan fingerprint density at radius 3 is 2.81 bits per heavy atom. The number of anilines is 1. The first-order valence-corrected chi connectivity index (χ1v) is 10.6. The first kappa shape index (κ1) is 19.3. The highest BCUT2D eigenvalue weighted by molar-refractivity contribution is 5.99. The minimum Gasteiger partial charge on any atom is -0.432 e. The number of nitrogens with zero attached hydrogens (tertiary/aromatic N) is 5. The molecule has 1 amide bonds. The van der Waals surface area contributed by atoms with E-state index in [1.165, 1.54) is 0 Å². The molecule has 31 heavy (non-hydrogen) atoms. The number of carbonyl (C=O) groups excluding carboxylic acids is 1. The van der Waals surface area contributed by atoms with Gasteiger partial charge in [0.05, 0.1) is 0 Å². The van der Waals surface area contributed by atoms with Gasteiger partial charge < -0.3 is 14.6 Å². The minimum absolute atomic E-state index is 0.0423. The normalized spacial score (nSPS) is 16.2. The van der Waals surface area contributed by atoms with E-state index in [4.69, 9.17) is 4.42 Å². The molecule has 1 aliphatic heterocycles. The molecule has 0 radical (unpaired) electrons. The average Bonchev–Trinajstić information content (AvgIpc) is 3.54. The quantitative estimate of drug-likeness (QED) is 0.516. The van der Waals surface area contributed by atoms with Crippen LogP contribution in [0.2, 0.25) is 0 Å². The summed E-state index contributed by atoms with van der Waals surface area (Å²) >= 11 is 0. The zero-order valence-corrected chi connectivity index (χ0v) is 17.4. The van der Waals surface area contributed by atoms with Gasteiger partial charge in [0.2, 0.25) is 5.95 Å². The molecule has 1 aliphatic rings. The molecule has 0 bridgehead atoms. The zero-order valence-electron chi connectivity index (χ0n) is 17.4. The Labute approximate surface area is 180 Å². The van der Waals surface area contributed by atoms with Crippen molar-refractivity contribution in [2.75, 3.05) is 18.4 Å². The number of rotatable bonds is 6. The van der Waals surface area contributed by atoms with Gasteiger partial charge >= 0.3 is 5.84 Å². The summed E-state index contributed by atoms with van der Waals surface area (Å²) in [5.74, 6) is 0.961. The maximum absolute atomic E-state index is 13.7. The Hall–Kier alpha value is -3.68. The van der Waals surface area contributed by atoms with Gasteiger partial charge in [-0.25, -0.2) is 9.97 Å². The van der Waals surface area contributed by atoms with Gasteiger partial charge in [-0.1, -0.05) is 37.3 Å². The van der Waals surface area contributed by atoms with Gasteiger partial charge in [-0.2, -0.15) is 4.98 Å². The molecule has 158 valence electrons. The first-order valence-electron chi connectivity index (χ1n) is 10.6. The molecule has 0 spiro atoms. The molecule has 5 rings (SSSR count). The number of aromatic nitrogens is 4. The van der Waals surface area contributed by atoms with Gasteiger partial charge in [0.1, 0.15) is 17.7 Å². The Bertz CT molecular complexity index is 1180.